The molecule has 16 heavy (non-hydrogen) atoms. The minimum Gasteiger partial charge on any atom is -0.388 e. The van der Waals surface area contributed by atoms with E-state index >= 15 is 0 Å². The number of thiophene rings is 1. The summed E-state index contributed by atoms with van der Waals surface area (Å²) < 4.78 is 6.42. The Hall–Kier alpha value is 0.1000. The number of ether oxygens (including phenoxy) is 1. The largest absolute Gasteiger partial charge is 0.388 e. The second kappa shape index (κ2) is 5.63. The highest BCUT2D eigenvalue weighted by Gasteiger charge is 2.20. The van der Waals surface area contributed by atoms with Crippen LogP contribution < -0.4 is 0 Å². The molecule has 1 N–H and O–H groups in total. The van der Waals surface area contributed by atoms with E-state index in [-0.39, 0.29) is 11.7 Å². The third-order valence-electron chi connectivity index (χ3n) is 2.78. The number of methoxy groups -OCH3 is 1. The van der Waals surface area contributed by atoms with Crippen molar-refractivity contribution in [2.45, 2.75) is 45.3 Å². The molecule has 0 spiro atoms. The summed E-state index contributed by atoms with van der Waals surface area (Å²) in [6.07, 6.45) is 1.19. The summed E-state index contributed by atoms with van der Waals surface area (Å²) in [5.41, 5.74) is -0.162. The molecule has 1 heterocycles. The first-order valence-corrected chi connectivity index (χ1v) is 6.96. The lowest BCUT2D eigenvalue weighted by Gasteiger charge is -2.23. The van der Waals surface area contributed by atoms with Crippen LogP contribution in [-0.4, -0.2) is 17.8 Å². The van der Waals surface area contributed by atoms with Gasteiger partial charge in [0.1, 0.15) is 0 Å². The number of aliphatic hydroxyl groups excluding tert-OH is 1. The van der Waals surface area contributed by atoms with Crippen molar-refractivity contribution in [2.24, 2.45) is 0 Å². The molecule has 0 radical (unpaired) electrons. The van der Waals surface area contributed by atoms with Crippen molar-refractivity contribution in [3.63, 3.8) is 0 Å². The molecule has 1 atom stereocenters. The van der Waals surface area contributed by atoms with Gasteiger partial charge in [0.2, 0.25) is 0 Å². The Labute approximate surface area is 110 Å². The van der Waals surface area contributed by atoms with Gasteiger partial charge in [0.25, 0.3) is 0 Å². The van der Waals surface area contributed by atoms with Crippen molar-refractivity contribution in [1.82, 2.24) is 0 Å². The first kappa shape index (κ1) is 14.2. The van der Waals surface area contributed by atoms with Crippen molar-refractivity contribution < 1.29 is 9.84 Å². The lowest BCUT2D eigenvalue weighted by molar-refractivity contribution is 0.00309. The van der Waals surface area contributed by atoms with E-state index < -0.39 is 0 Å². The molecule has 0 aliphatic heterocycles. The molecule has 0 saturated heterocycles. The van der Waals surface area contributed by atoms with Gasteiger partial charge in [0.15, 0.2) is 0 Å². The molecule has 4 heteroatoms. The predicted molar refractivity (Wildman–Crippen MR) is 72.0 cm³/mol. The Balaban J connectivity index is 2.56. The fourth-order valence-electron chi connectivity index (χ4n) is 1.37. The van der Waals surface area contributed by atoms with Crippen molar-refractivity contribution in [2.75, 3.05) is 7.11 Å². The van der Waals surface area contributed by atoms with Gasteiger partial charge in [-0.2, -0.15) is 0 Å². The highest BCUT2D eigenvalue weighted by atomic mass is 79.9. The Kier molecular flexibility index (Phi) is 4.98. The van der Waals surface area contributed by atoms with Gasteiger partial charge in [-0.25, -0.2) is 0 Å². The first-order valence-electron chi connectivity index (χ1n) is 5.35. The van der Waals surface area contributed by atoms with Crippen LogP contribution in [0.2, 0.25) is 0 Å². The molecule has 0 amide bonds. The van der Waals surface area contributed by atoms with Gasteiger partial charge in [-0.15, -0.1) is 11.3 Å². The Morgan fingerprint density at radius 1 is 1.56 bits per heavy atom. The van der Waals surface area contributed by atoms with Crippen LogP contribution in [0.3, 0.4) is 0 Å². The van der Waals surface area contributed by atoms with Crippen LogP contribution in [0.4, 0.5) is 0 Å². The molecule has 0 aliphatic carbocycles. The van der Waals surface area contributed by atoms with Crippen LogP contribution in [0, 0.1) is 6.92 Å². The summed E-state index contributed by atoms with van der Waals surface area (Å²) in [5.74, 6) is 0. The number of hydrogen-bond donors (Lipinski definition) is 1. The zero-order chi connectivity index (χ0) is 12.3. The van der Waals surface area contributed by atoms with E-state index in [1.807, 2.05) is 26.8 Å². The molecular formula is C12H19BrO2S. The molecule has 2 nitrogen and oxygen atoms in total. The van der Waals surface area contributed by atoms with E-state index in [2.05, 4.69) is 15.9 Å². The average Bonchev–Trinajstić information content (AvgIpc) is 2.56. The maximum absolute atomic E-state index is 10.1. The number of rotatable bonds is 5. The molecule has 0 aliphatic rings. The molecule has 0 fully saturated rings. The fourth-order valence-corrected chi connectivity index (χ4v) is 2.96. The molecule has 1 aromatic heterocycles. The van der Waals surface area contributed by atoms with Crippen molar-refractivity contribution in [3.8, 4) is 0 Å². The Bertz CT molecular complexity index is 327. The number of hydrogen-bond acceptors (Lipinski definition) is 3. The van der Waals surface area contributed by atoms with Crippen molar-refractivity contribution in [1.29, 1.82) is 0 Å². The third kappa shape index (κ3) is 3.84. The highest BCUT2D eigenvalue weighted by Crippen LogP contribution is 2.33. The summed E-state index contributed by atoms with van der Waals surface area (Å²) in [5, 5.41) is 10.1. The summed E-state index contributed by atoms with van der Waals surface area (Å²) in [4.78, 5) is 2.23. The predicted octanol–water partition coefficient (Wildman–Crippen LogP) is 4.06. The smallest absolute Gasteiger partial charge is 0.0883 e. The fraction of sp³-hybridized carbons (Fsp3) is 0.667. The minimum absolute atomic E-state index is 0.162. The lowest BCUT2D eigenvalue weighted by atomic mass is 9.99. The lowest BCUT2D eigenvalue weighted by Crippen LogP contribution is -2.22. The second-order valence-corrected chi connectivity index (χ2v) is 6.71. The van der Waals surface area contributed by atoms with Gasteiger partial charge in [-0.05, 0) is 55.6 Å². The maximum Gasteiger partial charge on any atom is 0.0883 e. The second-order valence-electron chi connectivity index (χ2n) is 4.57. The summed E-state index contributed by atoms with van der Waals surface area (Å²) in [6, 6.07) is 2.00. The van der Waals surface area contributed by atoms with E-state index in [4.69, 9.17) is 4.74 Å². The Morgan fingerprint density at radius 3 is 2.62 bits per heavy atom. The standard InChI is InChI=1S/C12H19BrO2S/c1-8-9(13)7-11(16-8)10(14)5-6-12(2,3)15-4/h7,10,14H,5-6H2,1-4H3. The summed E-state index contributed by atoms with van der Waals surface area (Å²) in [7, 11) is 1.71. The highest BCUT2D eigenvalue weighted by molar-refractivity contribution is 9.10. The van der Waals surface area contributed by atoms with Gasteiger partial charge in [0, 0.05) is 21.3 Å². The maximum atomic E-state index is 10.1. The van der Waals surface area contributed by atoms with Gasteiger partial charge >= 0.3 is 0 Å². The molecule has 0 bridgehead atoms. The first-order chi connectivity index (χ1) is 7.35. The van der Waals surface area contributed by atoms with E-state index in [0.29, 0.717) is 0 Å². The van der Waals surface area contributed by atoms with E-state index in [9.17, 15) is 5.11 Å². The van der Waals surface area contributed by atoms with Crippen LogP contribution in [0.5, 0.6) is 0 Å². The van der Waals surface area contributed by atoms with Crippen molar-refractivity contribution in [3.05, 3.63) is 20.3 Å². The SMILES string of the molecule is COC(C)(C)CCC(O)c1cc(Br)c(C)s1. The number of halogens is 1. The molecule has 92 valence electrons. The topological polar surface area (TPSA) is 29.5 Å². The molecule has 0 aromatic carbocycles. The van der Waals surface area contributed by atoms with Crippen molar-refractivity contribution >= 4 is 27.3 Å². The van der Waals surface area contributed by atoms with Gasteiger partial charge in [-0.1, -0.05) is 0 Å². The minimum atomic E-state index is -0.385. The zero-order valence-electron chi connectivity index (χ0n) is 10.2. The normalized spacial score (nSPS) is 14.1. The molecule has 1 unspecified atom stereocenters. The van der Waals surface area contributed by atoms with Crippen LogP contribution in [0.25, 0.3) is 0 Å². The summed E-state index contributed by atoms with van der Waals surface area (Å²) in [6.45, 7) is 6.12. The van der Waals surface area contributed by atoms with E-state index in [1.165, 1.54) is 4.88 Å². The monoisotopic (exact) mass is 306 g/mol. The average molecular weight is 307 g/mol. The van der Waals surface area contributed by atoms with Gasteiger partial charge < -0.3 is 9.84 Å². The molecule has 1 rings (SSSR count). The van der Waals surface area contributed by atoms with Crippen LogP contribution in [0.1, 0.15) is 42.5 Å². The number of aryl methyl sites for hydroxylation is 1. The quantitative estimate of drug-likeness (QED) is 0.889. The van der Waals surface area contributed by atoms with E-state index in [1.54, 1.807) is 18.4 Å². The molecular weight excluding hydrogens is 288 g/mol. The van der Waals surface area contributed by atoms with Gasteiger partial charge in [0.05, 0.1) is 11.7 Å². The van der Waals surface area contributed by atoms with E-state index in [0.717, 1.165) is 22.2 Å². The van der Waals surface area contributed by atoms with Crippen LogP contribution in [0.15, 0.2) is 10.5 Å². The Morgan fingerprint density at radius 2 is 2.19 bits per heavy atom. The number of aliphatic hydroxyl groups is 1. The van der Waals surface area contributed by atoms with Crippen LogP contribution in [-0.2, 0) is 4.74 Å². The summed E-state index contributed by atoms with van der Waals surface area (Å²) >= 11 is 5.11. The molecule has 1 aromatic rings. The van der Waals surface area contributed by atoms with Gasteiger partial charge in [-0.3, -0.25) is 0 Å². The third-order valence-corrected chi connectivity index (χ3v) is 5.01. The molecule has 0 saturated carbocycles. The van der Waals surface area contributed by atoms with Crippen LogP contribution >= 0.6 is 27.3 Å². The zero-order valence-corrected chi connectivity index (χ0v) is 12.6.